The van der Waals surface area contributed by atoms with E-state index < -0.39 is 11.6 Å². The number of phenolic OH excluding ortho intramolecular Hbond substituents is 1. The van der Waals surface area contributed by atoms with E-state index in [0.29, 0.717) is 48.3 Å². The van der Waals surface area contributed by atoms with Crippen molar-refractivity contribution in [1.29, 1.82) is 0 Å². The van der Waals surface area contributed by atoms with Gasteiger partial charge in [-0.1, -0.05) is 18.4 Å². The molecule has 9 rings (SSSR count). The number of nitrogens with zero attached hydrogens (tertiary/aromatic N) is 5. The highest BCUT2D eigenvalue weighted by atomic mass is 19.1. The standard InChI is InChI=1S/C39H41F2N5O5/c1-3-27-29(40)8-7-23-14-25(47)16-28(31(23)27)34-33(41)35-32(37(42-34)48-2)36(46-18-26-15-24(46)20-50-26)44-38(43-35)51-21-39-10-4-6-30(39)45(12-5-11-39)17-22-9-13-49-19-22/h1,7-8,14,16,22,24,26,30,47H,4-6,9-13,15,17-21H2,2H3. The second-order valence-corrected chi connectivity index (χ2v) is 14.9. The number of anilines is 1. The third kappa shape index (κ3) is 5.43. The molecule has 0 radical (unpaired) electrons. The molecule has 1 saturated carbocycles. The number of fused-ring (bicyclic) bond motifs is 5. The van der Waals surface area contributed by atoms with Gasteiger partial charge in [0.2, 0.25) is 5.88 Å². The average molecular weight is 698 g/mol. The predicted molar refractivity (Wildman–Crippen MR) is 187 cm³/mol. The third-order valence-electron chi connectivity index (χ3n) is 12.0. The van der Waals surface area contributed by atoms with Crippen molar-refractivity contribution in [1.82, 2.24) is 19.9 Å². The summed E-state index contributed by atoms with van der Waals surface area (Å²) < 4.78 is 56.2. The number of phenols is 1. The van der Waals surface area contributed by atoms with Gasteiger partial charge in [0.25, 0.3) is 0 Å². The molecule has 1 aliphatic carbocycles. The van der Waals surface area contributed by atoms with Crippen molar-refractivity contribution in [3.8, 4) is 41.2 Å². The summed E-state index contributed by atoms with van der Waals surface area (Å²) in [6.07, 6.45) is 13.2. The summed E-state index contributed by atoms with van der Waals surface area (Å²) >= 11 is 0. The number of methoxy groups -OCH3 is 1. The Bertz CT molecular complexity index is 2070. The minimum atomic E-state index is -0.779. The van der Waals surface area contributed by atoms with Gasteiger partial charge in [-0.05, 0) is 74.6 Å². The first kappa shape index (κ1) is 32.6. The minimum absolute atomic E-state index is 0.0392. The molecule has 5 fully saturated rings. The van der Waals surface area contributed by atoms with Gasteiger partial charge in [0.15, 0.2) is 5.82 Å². The number of morpholine rings is 1. The Morgan fingerprint density at radius 3 is 2.75 bits per heavy atom. The van der Waals surface area contributed by atoms with Gasteiger partial charge in [-0.25, -0.2) is 13.8 Å². The van der Waals surface area contributed by atoms with E-state index in [1.54, 1.807) is 0 Å². The lowest BCUT2D eigenvalue weighted by Gasteiger charge is -2.47. The molecule has 4 aliphatic heterocycles. The van der Waals surface area contributed by atoms with Crippen molar-refractivity contribution in [3.63, 3.8) is 0 Å². The number of terminal acetylenes is 1. The molecule has 51 heavy (non-hydrogen) atoms. The first-order chi connectivity index (χ1) is 24.9. The number of halogens is 2. The maximum Gasteiger partial charge on any atom is 0.319 e. The Balaban J connectivity index is 1.16. The largest absolute Gasteiger partial charge is 0.508 e. The number of aromatic hydroxyl groups is 1. The highest BCUT2D eigenvalue weighted by Crippen LogP contribution is 2.49. The van der Waals surface area contributed by atoms with Gasteiger partial charge >= 0.3 is 6.01 Å². The van der Waals surface area contributed by atoms with Gasteiger partial charge in [-0.2, -0.15) is 9.97 Å². The van der Waals surface area contributed by atoms with Gasteiger partial charge in [0.1, 0.15) is 34.0 Å². The maximum absolute atomic E-state index is 17.2. The SMILES string of the molecule is C#Cc1c(F)ccc2cc(O)cc(-c3nc(OC)c4c(N5CC6CC5CO6)nc(OCC56CCCC5N(CC5CCOC5)CCC6)nc4c3F)c12. The highest BCUT2D eigenvalue weighted by Gasteiger charge is 2.49. The monoisotopic (exact) mass is 697 g/mol. The van der Waals surface area contributed by atoms with E-state index in [1.165, 1.54) is 31.4 Å². The highest BCUT2D eigenvalue weighted by molar-refractivity contribution is 6.04. The quantitative estimate of drug-likeness (QED) is 0.226. The second-order valence-electron chi connectivity index (χ2n) is 14.9. The third-order valence-corrected chi connectivity index (χ3v) is 12.0. The zero-order chi connectivity index (χ0) is 34.9. The molecular weight excluding hydrogens is 656 g/mol. The van der Waals surface area contributed by atoms with Crippen molar-refractivity contribution < 1.29 is 32.8 Å². The van der Waals surface area contributed by atoms with Gasteiger partial charge in [-0.15, -0.1) is 6.42 Å². The van der Waals surface area contributed by atoms with Crippen LogP contribution in [-0.4, -0.2) is 96.3 Å². The predicted octanol–water partition coefficient (Wildman–Crippen LogP) is 5.85. The van der Waals surface area contributed by atoms with Crippen molar-refractivity contribution in [2.75, 3.05) is 58.1 Å². The van der Waals surface area contributed by atoms with Crippen LogP contribution in [0.5, 0.6) is 17.6 Å². The zero-order valence-corrected chi connectivity index (χ0v) is 28.7. The van der Waals surface area contributed by atoms with E-state index in [-0.39, 0.29) is 62.9 Å². The molecule has 12 heteroatoms. The summed E-state index contributed by atoms with van der Waals surface area (Å²) in [5, 5.41) is 11.7. The number of likely N-dealkylation sites (tertiary alicyclic amines) is 1. The number of pyridine rings is 1. The van der Waals surface area contributed by atoms with Crippen LogP contribution in [-0.2, 0) is 9.47 Å². The fraction of sp³-hybridized carbons (Fsp3) is 0.513. The molecule has 6 heterocycles. The first-order valence-corrected chi connectivity index (χ1v) is 18.1. The minimum Gasteiger partial charge on any atom is -0.508 e. The smallest absolute Gasteiger partial charge is 0.319 e. The Morgan fingerprint density at radius 1 is 1.10 bits per heavy atom. The molecule has 1 N–H and O–H groups in total. The molecule has 2 aromatic heterocycles. The number of hydrogen-bond acceptors (Lipinski definition) is 10. The normalized spacial score (nSPS) is 27.4. The van der Waals surface area contributed by atoms with E-state index >= 15 is 8.78 Å². The van der Waals surface area contributed by atoms with Crippen LogP contribution in [0.3, 0.4) is 0 Å². The van der Waals surface area contributed by atoms with Gasteiger partial charge < -0.3 is 29.0 Å². The van der Waals surface area contributed by atoms with Crippen LogP contribution in [0.2, 0.25) is 0 Å². The van der Waals surface area contributed by atoms with Crippen LogP contribution >= 0.6 is 0 Å². The fourth-order valence-corrected chi connectivity index (χ4v) is 9.61. The Labute approximate surface area is 295 Å². The summed E-state index contributed by atoms with van der Waals surface area (Å²) in [5.41, 5.74) is -0.211. The van der Waals surface area contributed by atoms with Crippen LogP contribution < -0.4 is 14.4 Å². The molecule has 0 spiro atoms. The zero-order valence-electron chi connectivity index (χ0n) is 28.7. The molecule has 2 bridgehead atoms. The van der Waals surface area contributed by atoms with Crippen LogP contribution in [0, 0.1) is 35.3 Å². The van der Waals surface area contributed by atoms with Gasteiger partial charge in [0.05, 0.1) is 44.6 Å². The summed E-state index contributed by atoms with van der Waals surface area (Å²) in [7, 11) is 1.45. The van der Waals surface area contributed by atoms with Crippen LogP contribution in [0.4, 0.5) is 14.6 Å². The van der Waals surface area contributed by atoms with E-state index in [4.69, 9.17) is 35.3 Å². The Morgan fingerprint density at radius 2 is 1.98 bits per heavy atom. The van der Waals surface area contributed by atoms with Crippen LogP contribution in [0.1, 0.15) is 50.5 Å². The van der Waals surface area contributed by atoms with Crippen molar-refractivity contribution >= 4 is 27.5 Å². The Kier molecular flexibility index (Phi) is 8.13. The second kappa shape index (κ2) is 12.7. The molecule has 10 nitrogen and oxygen atoms in total. The average Bonchev–Trinajstić information content (AvgIpc) is 3.97. The molecule has 266 valence electrons. The summed E-state index contributed by atoms with van der Waals surface area (Å²) in [6, 6.07) is 6.04. The van der Waals surface area contributed by atoms with E-state index in [1.807, 2.05) is 0 Å². The van der Waals surface area contributed by atoms with Gasteiger partial charge in [-0.3, -0.25) is 4.90 Å². The van der Waals surface area contributed by atoms with Crippen molar-refractivity contribution in [3.05, 3.63) is 41.5 Å². The van der Waals surface area contributed by atoms with Crippen LogP contribution in [0.15, 0.2) is 24.3 Å². The van der Waals surface area contributed by atoms with Crippen LogP contribution in [0.25, 0.3) is 32.9 Å². The van der Waals surface area contributed by atoms with E-state index in [0.717, 1.165) is 71.2 Å². The molecule has 4 aromatic rings. The lowest BCUT2D eigenvalue weighted by atomic mass is 9.75. The fourth-order valence-electron chi connectivity index (χ4n) is 9.61. The molecule has 4 saturated heterocycles. The number of piperidine rings is 1. The summed E-state index contributed by atoms with van der Waals surface area (Å²) in [6.45, 7) is 5.32. The lowest BCUT2D eigenvalue weighted by Crippen LogP contribution is -2.53. The molecule has 5 atom stereocenters. The summed E-state index contributed by atoms with van der Waals surface area (Å²) in [5.74, 6) is 1.96. The topological polar surface area (TPSA) is 102 Å². The van der Waals surface area contributed by atoms with E-state index in [9.17, 15) is 5.11 Å². The molecule has 5 unspecified atom stereocenters. The molecule has 0 amide bonds. The molecule has 5 aliphatic rings. The number of aromatic nitrogens is 3. The van der Waals surface area contributed by atoms with E-state index in [2.05, 4.69) is 20.7 Å². The first-order valence-electron chi connectivity index (χ1n) is 18.1. The van der Waals surface area contributed by atoms with Crippen molar-refractivity contribution in [2.24, 2.45) is 11.3 Å². The van der Waals surface area contributed by atoms with Gasteiger partial charge in [0, 0.05) is 42.1 Å². The van der Waals surface area contributed by atoms with Crippen molar-refractivity contribution in [2.45, 2.75) is 63.1 Å². The lowest BCUT2D eigenvalue weighted by molar-refractivity contribution is -0.00805. The number of rotatable bonds is 8. The maximum atomic E-state index is 17.2. The molecular formula is C39H41F2N5O5. The number of benzene rings is 2. The number of ether oxygens (including phenoxy) is 4. The molecule has 2 aromatic carbocycles. The Hall–Kier alpha value is -4.31. The number of hydrogen-bond donors (Lipinski definition) is 1. The summed E-state index contributed by atoms with van der Waals surface area (Å²) in [4.78, 5) is 19.1.